The average molecular weight is 257 g/mol. The third-order valence-corrected chi connectivity index (χ3v) is 1.98. The number of amides is 1. The van der Waals surface area contributed by atoms with Crippen LogP contribution >= 0.6 is 0 Å². The highest BCUT2D eigenvalue weighted by molar-refractivity contribution is 6.03. The van der Waals surface area contributed by atoms with Crippen LogP contribution in [0, 0.1) is 17.5 Å². The Labute approximate surface area is 98.4 Å². The SMILES string of the molecule is Cn1nnc(NC(=O)c2cc(F)c(F)c(F)c2)n1. The van der Waals surface area contributed by atoms with Gasteiger partial charge in [0.05, 0.1) is 7.05 Å². The van der Waals surface area contributed by atoms with Crippen LogP contribution in [-0.2, 0) is 7.05 Å². The fourth-order valence-corrected chi connectivity index (χ4v) is 1.19. The molecule has 94 valence electrons. The van der Waals surface area contributed by atoms with Crippen LogP contribution < -0.4 is 5.32 Å². The van der Waals surface area contributed by atoms with Gasteiger partial charge in [-0.15, -0.1) is 5.10 Å². The molecule has 1 heterocycles. The van der Waals surface area contributed by atoms with Gasteiger partial charge in [-0.3, -0.25) is 10.1 Å². The molecule has 0 aliphatic carbocycles. The van der Waals surface area contributed by atoms with E-state index in [1.807, 2.05) is 0 Å². The summed E-state index contributed by atoms with van der Waals surface area (Å²) in [6, 6.07) is 1.15. The highest BCUT2D eigenvalue weighted by Gasteiger charge is 2.16. The van der Waals surface area contributed by atoms with Crippen LogP contribution in [0.3, 0.4) is 0 Å². The van der Waals surface area contributed by atoms with Crippen LogP contribution in [-0.4, -0.2) is 26.1 Å². The number of carbonyl (C=O) groups is 1. The predicted molar refractivity (Wildman–Crippen MR) is 53.1 cm³/mol. The molecule has 1 amide bonds. The second-order valence-electron chi connectivity index (χ2n) is 3.31. The highest BCUT2D eigenvalue weighted by Crippen LogP contribution is 2.14. The summed E-state index contributed by atoms with van der Waals surface area (Å²) in [4.78, 5) is 12.6. The van der Waals surface area contributed by atoms with E-state index in [-0.39, 0.29) is 11.5 Å². The zero-order valence-electron chi connectivity index (χ0n) is 8.99. The Hall–Kier alpha value is -2.45. The Bertz CT molecular complexity index is 589. The van der Waals surface area contributed by atoms with Crippen molar-refractivity contribution in [1.82, 2.24) is 20.2 Å². The third kappa shape index (κ3) is 2.29. The molecular formula is C9H6F3N5O. The first-order valence-electron chi connectivity index (χ1n) is 4.67. The molecule has 0 aliphatic rings. The van der Waals surface area contributed by atoms with E-state index in [1.165, 1.54) is 7.05 Å². The summed E-state index contributed by atoms with van der Waals surface area (Å²) in [6.07, 6.45) is 0. The fraction of sp³-hybridized carbons (Fsp3) is 0.111. The second-order valence-corrected chi connectivity index (χ2v) is 3.31. The zero-order valence-corrected chi connectivity index (χ0v) is 8.99. The maximum Gasteiger partial charge on any atom is 0.270 e. The van der Waals surface area contributed by atoms with Gasteiger partial charge in [0.1, 0.15) is 0 Å². The third-order valence-electron chi connectivity index (χ3n) is 1.98. The molecule has 0 atom stereocenters. The van der Waals surface area contributed by atoms with Gasteiger partial charge >= 0.3 is 0 Å². The van der Waals surface area contributed by atoms with Crippen molar-refractivity contribution in [3.8, 4) is 0 Å². The Morgan fingerprint density at radius 3 is 2.39 bits per heavy atom. The Morgan fingerprint density at radius 1 is 1.28 bits per heavy atom. The lowest BCUT2D eigenvalue weighted by molar-refractivity contribution is 0.102. The minimum absolute atomic E-state index is 0.132. The maximum atomic E-state index is 12.9. The van der Waals surface area contributed by atoms with Gasteiger partial charge in [0.2, 0.25) is 0 Å². The lowest BCUT2D eigenvalue weighted by Gasteiger charge is -2.02. The molecule has 0 unspecified atom stereocenters. The molecule has 0 spiro atoms. The molecule has 1 aromatic carbocycles. The molecule has 6 nitrogen and oxygen atoms in total. The van der Waals surface area contributed by atoms with Crippen molar-refractivity contribution in [3.63, 3.8) is 0 Å². The summed E-state index contributed by atoms with van der Waals surface area (Å²) in [5.41, 5.74) is -0.390. The van der Waals surface area contributed by atoms with Crippen LogP contribution in [0.2, 0.25) is 0 Å². The van der Waals surface area contributed by atoms with Crippen molar-refractivity contribution >= 4 is 11.9 Å². The number of carbonyl (C=O) groups excluding carboxylic acids is 1. The first-order valence-corrected chi connectivity index (χ1v) is 4.67. The van der Waals surface area contributed by atoms with Gasteiger partial charge in [-0.05, 0) is 17.3 Å². The van der Waals surface area contributed by atoms with Crippen molar-refractivity contribution in [2.45, 2.75) is 0 Å². The number of aryl methyl sites for hydroxylation is 1. The van der Waals surface area contributed by atoms with Crippen molar-refractivity contribution in [2.24, 2.45) is 7.05 Å². The molecule has 0 saturated carbocycles. The van der Waals surface area contributed by atoms with Crippen molar-refractivity contribution < 1.29 is 18.0 Å². The van der Waals surface area contributed by atoms with E-state index in [0.29, 0.717) is 12.1 Å². The van der Waals surface area contributed by atoms with E-state index < -0.39 is 23.4 Å². The quantitative estimate of drug-likeness (QED) is 0.810. The summed E-state index contributed by atoms with van der Waals surface area (Å²) >= 11 is 0. The van der Waals surface area contributed by atoms with E-state index in [2.05, 4.69) is 20.7 Å². The molecule has 1 N–H and O–H groups in total. The van der Waals surface area contributed by atoms with Gasteiger partial charge in [0, 0.05) is 5.56 Å². The molecular weight excluding hydrogens is 251 g/mol. The van der Waals surface area contributed by atoms with E-state index >= 15 is 0 Å². The molecule has 0 aliphatic heterocycles. The lowest BCUT2D eigenvalue weighted by atomic mass is 10.2. The smallest absolute Gasteiger partial charge is 0.270 e. The highest BCUT2D eigenvalue weighted by atomic mass is 19.2. The number of nitrogens with zero attached hydrogens (tertiary/aromatic N) is 4. The van der Waals surface area contributed by atoms with Gasteiger partial charge in [-0.2, -0.15) is 4.80 Å². The molecule has 0 bridgehead atoms. The molecule has 9 heteroatoms. The summed E-state index contributed by atoms with van der Waals surface area (Å²) in [5.74, 6) is -5.54. The van der Waals surface area contributed by atoms with Gasteiger partial charge in [0.15, 0.2) is 17.5 Å². The number of anilines is 1. The standard InChI is InChI=1S/C9H6F3N5O/c1-17-15-9(14-16-17)13-8(18)4-2-5(10)7(12)6(11)3-4/h2-3H,1H3,(H,13,15,18). The summed E-state index contributed by atoms with van der Waals surface area (Å²) in [5, 5.41) is 12.7. The molecule has 0 fully saturated rings. The van der Waals surface area contributed by atoms with Gasteiger partial charge in [-0.25, -0.2) is 13.2 Å². The van der Waals surface area contributed by atoms with E-state index in [9.17, 15) is 18.0 Å². The van der Waals surface area contributed by atoms with E-state index in [0.717, 1.165) is 4.80 Å². The van der Waals surface area contributed by atoms with E-state index in [1.54, 1.807) is 0 Å². The number of hydrogen-bond donors (Lipinski definition) is 1. The van der Waals surface area contributed by atoms with Crippen molar-refractivity contribution in [3.05, 3.63) is 35.1 Å². The molecule has 2 aromatic rings. The molecule has 0 radical (unpaired) electrons. The molecule has 0 saturated heterocycles. The van der Waals surface area contributed by atoms with Gasteiger partial charge in [0.25, 0.3) is 11.9 Å². The topological polar surface area (TPSA) is 72.7 Å². The summed E-state index contributed by atoms with van der Waals surface area (Å²) in [7, 11) is 1.47. The molecule has 2 rings (SSSR count). The summed E-state index contributed by atoms with van der Waals surface area (Å²) in [6.45, 7) is 0. The van der Waals surface area contributed by atoms with Gasteiger partial charge in [-0.1, -0.05) is 5.10 Å². The van der Waals surface area contributed by atoms with Gasteiger partial charge < -0.3 is 0 Å². The van der Waals surface area contributed by atoms with Crippen molar-refractivity contribution in [2.75, 3.05) is 5.32 Å². The number of nitrogens with one attached hydrogen (secondary N) is 1. The summed E-state index contributed by atoms with van der Waals surface area (Å²) < 4.78 is 38.5. The van der Waals surface area contributed by atoms with Crippen LogP contribution in [0.25, 0.3) is 0 Å². The van der Waals surface area contributed by atoms with Crippen LogP contribution in [0.5, 0.6) is 0 Å². The number of tetrazole rings is 1. The Kier molecular flexibility index (Phi) is 2.96. The monoisotopic (exact) mass is 257 g/mol. The minimum Gasteiger partial charge on any atom is -0.288 e. The largest absolute Gasteiger partial charge is 0.288 e. The Balaban J connectivity index is 2.24. The fourth-order valence-electron chi connectivity index (χ4n) is 1.19. The first-order chi connectivity index (χ1) is 8.47. The normalized spacial score (nSPS) is 10.4. The number of hydrogen-bond acceptors (Lipinski definition) is 4. The predicted octanol–water partition coefficient (Wildman–Crippen LogP) is 0.880. The van der Waals surface area contributed by atoms with Crippen LogP contribution in [0.1, 0.15) is 10.4 Å². The molecule has 1 aromatic heterocycles. The molecule has 18 heavy (non-hydrogen) atoms. The maximum absolute atomic E-state index is 12.9. The number of rotatable bonds is 2. The van der Waals surface area contributed by atoms with Crippen molar-refractivity contribution in [1.29, 1.82) is 0 Å². The first kappa shape index (κ1) is 12.0. The second kappa shape index (κ2) is 4.43. The Morgan fingerprint density at radius 2 is 1.89 bits per heavy atom. The average Bonchev–Trinajstić information content (AvgIpc) is 2.71. The van der Waals surface area contributed by atoms with Crippen LogP contribution in [0.4, 0.5) is 19.1 Å². The van der Waals surface area contributed by atoms with Crippen LogP contribution in [0.15, 0.2) is 12.1 Å². The van der Waals surface area contributed by atoms with E-state index in [4.69, 9.17) is 0 Å². The zero-order chi connectivity index (χ0) is 13.3. The number of benzene rings is 1. The minimum atomic E-state index is -1.64. The number of aromatic nitrogens is 4. The lowest BCUT2D eigenvalue weighted by Crippen LogP contribution is -2.14. The number of halogens is 3.